The first-order chi connectivity index (χ1) is 12.1. The average molecular weight is 346 g/mol. The number of anilines is 1. The molecule has 0 bridgehead atoms. The van der Waals surface area contributed by atoms with E-state index in [0.717, 1.165) is 6.42 Å². The molecule has 7 nitrogen and oxygen atoms in total. The van der Waals surface area contributed by atoms with Crippen LogP contribution in [0.2, 0.25) is 0 Å². The summed E-state index contributed by atoms with van der Waals surface area (Å²) in [5, 5.41) is 8.88. The number of esters is 1. The fraction of sp³-hybridized carbons (Fsp3) is 0.500. The van der Waals surface area contributed by atoms with Gasteiger partial charge in [-0.1, -0.05) is 12.1 Å². The van der Waals surface area contributed by atoms with E-state index in [1.54, 1.807) is 24.3 Å². The molecular weight excluding hydrogens is 324 g/mol. The van der Waals surface area contributed by atoms with Gasteiger partial charge in [0.15, 0.2) is 12.2 Å². The molecular formula is C18H22N2O5. The number of ether oxygens (including phenoxy) is 3. The molecule has 1 heterocycles. The number of amides is 1. The van der Waals surface area contributed by atoms with Gasteiger partial charge < -0.3 is 19.1 Å². The van der Waals surface area contributed by atoms with Crippen molar-refractivity contribution >= 4 is 17.6 Å². The Balaban J connectivity index is 2.14. The Morgan fingerprint density at radius 3 is 2.84 bits per heavy atom. The Bertz CT molecular complexity index is 649. The summed E-state index contributed by atoms with van der Waals surface area (Å²) in [6, 6.07) is 9.03. The minimum atomic E-state index is -0.986. The second-order valence-corrected chi connectivity index (χ2v) is 5.65. The van der Waals surface area contributed by atoms with Crippen LogP contribution in [0.4, 0.5) is 5.69 Å². The normalized spacial score (nSPS) is 17.4. The highest BCUT2D eigenvalue weighted by Gasteiger charge is 2.31. The summed E-state index contributed by atoms with van der Waals surface area (Å²) in [4.78, 5) is 26.3. The molecule has 0 aromatic heterocycles. The number of para-hydroxylation sites is 2. The van der Waals surface area contributed by atoms with Crippen molar-refractivity contribution in [3.8, 4) is 11.8 Å². The van der Waals surface area contributed by atoms with Crippen LogP contribution in [-0.2, 0) is 19.1 Å². The van der Waals surface area contributed by atoms with Crippen LogP contribution in [0, 0.1) is 11.3 Å². The van der Waals surface area contributed by atoms with Gasteiger partial charge in [0.1, 0.15) is 5.75 Å². The van der Waals surface area contributed by atoms with Crippen LogP contribution in [0.3, 0.4) is 0 Å². The van der Waals surface area contributed by atoms with Gasteiger partial charge in [0.25, 0.3) is 5.91 Å². The molecule has 1 aromatic rings. The largest absolute Gasteiger partial charge is 0.495 e. The lowest BCUT2D eigenvalue weighted by Gasteiger charge is -2.26. The van der Waals surface area contributed by atoms with Crippen LogP contribution in [-0.4, -0.2) is 44.3 Å². The summed E-state index contributed by atoms with van der Waals surface area (Å²) in [7, 11) is 1.51. The van der Waals surface area contributed by atoms with Gasteiger partial charge in [0.2, 0.25) is 0 Å². The molecule has 1 aromatic carbocycles. The molecule has 2 rings (SSSR count). The maximum Gasteiger partial charge on any atom is 0.336 e. The van der Waals surface area contributed by atoms with E-state index >= 15 is 0 Å². The fourth-order valence-electron chi connectivity index (χ4n) is 2.65. The molecule has 2 atom stereocenters. The van der Waals surface area contributed by atoms with Crippen LogP contribution in [0.5, 0.6) is 5.75 Å². The number of hydrogen-bond acceptors (Lipinski definition) is 6. The summed E-state index contributed by atoms with van der Waals surface area (Å²) >= 11 is 0. The Hall–Kier alpha value is -2.59. The van der Waals surface area contributed by atoms with Crippen molar-refractivity contribution in [3.63, 3.8) is 0 Å². The van der Waals surface area contributed by atoms with Crippen molar-refractivity contribution in [2.45, 2.75) is 38.4 Å². The minimum absolute atomic E-state index is 0.149. The summed E-state index contributed by atoms with van der Waals surface area (Å²) in [5.41, 5.74) is 0.533. The molecule has 25 heavy (non-hydrogen) atoms. The van der Waals surface area contributed by atoms with Gasteiger partial charge in [-0.2, -0.15) is 5.26 Å². The summed E-state index contributed by atoms with van der Waals surface area (Å²) in [6.07, 6.45) is -0.0348. The van der Waals surface area contributed by atoms with E-state index in [1.807, 2.05) is 6.07 Å². The van der Waals surface area contributed by atoms with Gasteiger partial charge in [0, 0.05) is 13.2 Å². The third kappa shape index (κ3) is 4.70. The van der Waals surface area contributed by atoms with Crippen molar-refractivity contribution in [2.24, 2.45) is 0 Å². The SMILES string of the molecule is COc1ccccc1N(CCC#N)C(=O)C(C)OC(=O)[C@H]1CCCO1. The van der Waals surface area contributed by atoms with E-state index in [2.05, 4.69) is 0 Å². The highest BCUT2D eigenvalue weighted by Crippen LogP contribution is 2.28. The minimum Gasteiger partial charge on any atom is -0.495 e. The highest BCUT2D eigenvalue weighted by molar-refractivity contribution is 5.98. The number of nitriles is 1. The Morgan fingerprint density at radius 2 is 2.20 bits per heavy atom. The first-order valence-corrected chi connectivity index (χ1v) is 8.22. The Kier molecular flexibility index (Phi) is 6.78. The second-order valence-electron chi connectivity index (χ2n) is 5.65. The van der Waals surface area contributed by atoms with Crippen LogP contribution in [0.1, 0.15) is 26.2 Å². The van der Waals surface area contributed by atoms with Gasteiger partial charge in [-0.15, -0.1) is 0 Å². The Morgan fingerprint density at radius 1 is 1.44 bits per heavy atom. The standard InChI is InChI=1S/C18H22N2O5/c1-13(25-18(22)16-9-5-12-24-16)17(21)20(11-6-10-19)14-7-3-4-8-15(14)23-2/h3-4,7-8,13,16H,5-6,9,11-12H2,1-2H3/t13?,16-/m1/s1. The smallest absolute Gasteiger partial charge is 0.336 e. The fourth-order valence-corrected chi connectivity index (χ4v) is 2.65. The first kappa shape index (κ1) is 18.7. The Labute approximate surface area is 147 Å². The molecule has 0 radical (unpaired) electrons. The van der Waals surface area contributed by atoms with Crippen molar-refractivity contribution < 1.29 is 23.8 Å². The van der Waals surface area contributed by atoms with Crippen molar-refractivity contribution in [1.29, 1.82) is 5.26 Å². The van der Waals surface area contributed by atoms with E-state index in [0.29, 0.717) is 24.5 Å². The maximum atomic E-state index is 12.8. The zero-order chi connectivity index (χ0) is 18.2. The lowest BCUT2D eigenvalue weighted by Crippen LogP contribution is -2.42. The monoisotopic (exact) mass is 346 g/mol. The predicted molar refractivity (Wildman–Crippen MR) is 90.1 cm³/mol. The van der Waals surface area contributed by atoms with Crippen molar-refractivity contribution in [3.05, 3.63) is 24.3 Å². The maximum absolute atomic E-state index is 12.8. The molecule has 0 N–H and O–H groups in total. The second kappa shape index (κ2) is 9.04. The van der Waals surface area contributed by atoms with Crippen LogP contribution in [0.25, 0.3) is 0 Å². The van der Waals surface area contributed by atoms with E-state index in [-0.39, 0.29) is 13.0 Å². The first-order valence-electron chi connectivity index (χ1n) is 8.22. The van der Waals surface area contributed by atoms with Gasteiger partial charge in [-0.25, -0.2) is 4.79 Å². The number of carbonyl (C=O) groups excluding carboxylic acids is 2. The molecule has 1 aliphatic rings. The zero-order valence-electron chi connectivity index (χ0n) is 14.4. The topological polar surface area (TPSA) is 88.9 Å². The quantitative estimate of drug-likeness (QED) is 0.702. The van der Waals surface area contributed by atoms with E-state index in [9.17, 15) is 9.59 Å². The molecule has 134 valence electrons. The van der Waals surface area contributed by atoms with E-state index < -0.39 is 24.1 Å². The summed E-state index contributed by atoms with van der Waals surface area (Å²) in [6.45, 7) is 2.22. The molecule has 1 fully saturated rings. The predicted octanol–water partition coefficient (Wildman–Crippen LogP) is 2.05. The lowest BCUT2D eigenvalue weighted by molar-refractivity contribution is -0.162. The highest BCUT2D eigenvalue weighted by atomic mass is 16.6. The van der Waals surface area contributed by atoms with E-state index in [4.69, 9.17) is 19.5 Å². The molecule has 1 aliphatic heterocycles. The zero-order valence-corrected chi connectivity index (χ0v) is 14.4. The molecule has 0 spiro atoms. The summed E-state index contributed by atoms with van der Waals surface area (Å²) in [5.74, 6) is -0.434. The van der Waals surface area contributed by atoms with Gasteiger partial charge in [-0.3, -0.25) is 4.79 Å². The van der Waals surface area contributed by atoms with Gasteiger partial charge >= 0.3 is 5.97 Å². The van der Waals surface area contributed by atoms with Gasteiger partial charge in [-0.05, 0) is 31.9 Å². The molecule has 7 heteroatoms. The number of hydrogen-bond donors (Lipinski definition) is 0. The number of methoxy groups -OCH3 is 1. The molecule has 1 amide bonds. The molecule has 1 unspecified atom stereocenters. The third-order valence-electron chi connectivity index (χ3n) is 3.92. The average Bonchev–Trinajstić information content (AvgIpc) is 3.17. The van der Waals surface area contributed by atoms with Crippen LogP contribution < -0.4 is 9.64 Å². The van der Waals surface area contributed by atoms with Crippen molar-refractivity contribution in [2.75, 3.05) is 25.2 Å². The van der Waals surface area contributed by atoms with E-state index in [1.165, 1.54) is 18.9 Å². The summed E-state index contributed by atoms with van der Waals surface area (Å²) < 4.78 is 15.8. The van der Waals surface area contributed by atoms with Crippen molar-refractivity contribution in [1.82, 2.24) is 0 Å². The lowest BCUT2D eigenvalue weighted by atomic mass is 10.2. The van der Waals surface area contributed by atoms with Gasteiger partial charge in [0.05, 0.1) is 25.3 Å². The molecule has 0 saturated carbocycles. The number of rotatable bonds is 7. The number of carbonyl (C=O) groups is 2. The number of nitrogens with zero attached hydrogens (tertiary/aromatic N) is 2. The van der Waals surface area contributed by atoms with Crippen LogP contribution in [0.15, 0.2) is 24.3 Å². The van der Waals surface area contributed by atoms with Crippen LogP contribution >= 0.6 is 0 Å². The number of benzene rings is 1. The third-order valence-corrected chi connectivity index (χ3v) is 3.92. The molecule has 0 aliphatic carbocycles. The molecule has 1 saturated heterocycles.